The molecule has 2 aromatic rings. The van der Waals surface area contributed by atoms with Gasteiger partial charge in [-0.1, -0.05) is 0 Å². The van der Waals surface area contributed by atoms with Crippen molar-refractivity contribution in [3.63, 3.8) is 0 Å². The summed E-state index contributed by atoms with van der Waals surface area (Å²) in [5.41, 5.74) is 7.73. The van der Waals surface area contributed by atoms with Crippen LogP contribution in [-0.4, -0.2) is 22.8 Å². The van der Waals surface area contributed by atoms with Crippen LogP contribution >= 0.6 is 15.9 Å². The Morgan fingerprint density at radius 3 is 3.00 bits per heavy atom. The number of nitrogens with one attached hydrogen (secondary N) is 1. The minimum Gasteiger partial charge on any atom is -0.497 e. The average Bonchev–Trinajstić information content (AvgIpc) is 2.71. The molecule has 90 valence electrons. The SMILES string of the molecule is COc1ccc2c(C[C@H](N)C(=O)Br)c[nH]c2c1. The van der Waals surface area contributed by atoms with Gasteiger partial charge in [-0.15, -0.1) is 0 Å². The Morgan fingerprint density at radius 1 is 1.59 bits per heavy atom. The number of ether oxygens (including phenoxy) is 1. The number of methoxy groups -OCH3 is 1. The topological polar surface area (TPSA) is 68.1 Å². The fourth-order valence-corrected chi connectivity index (χ4v) is 1.94. The maximum absolute atomic E-state index is 11.1. The largest absolute Gasteiger partial charge is 0.497 e. The Hall–Kier alpha value is -1.33. The highest BCUT2D eigenvalue weighted by Gasteiger charge is 2.13. The zero-order chi connectivity index (χ0) is 12.4. The molecule has 1 aromatic heterocycles. The van der Waals surface area contributed by atoms with Gasteiger partial charge in [0.1, 0.15) is 5.75 Å². The number of carbonyl (C=O) groups is 1. The molecule has 0 spiro atoms. The molecule has 5 heteroatoms. The summed E-state index contributed by atoms with van der Waals surface area (Å²) in [6.45, 7) is 0. The van der Waals surface area contributed by atoms with E-state index in [9.17, 15) is 4.79 Å². The normalized spacial score (nSPS) is 12.6. The van der Waals surface area contributed by atoms with Crippen LogP contribution in [0.2, 0.25) is 0 Å². The van der Waals surface area contributed by atoms with Crippen LogP contribution in [0.1, 0.15) is 5.56 Å². The number of aromatic nitrogens is 1. The summed E-state index contributed by atoms with van der Waals surface area (Å²) in [6, 6.07) is 5.25. The molecular weight excluding hydrogens is 284 g/mol. The first-order valence-corrected chi connectivity index (χ1v) is 6.00. The number of fused-ring (bicyclic) bond motifs is 1. The summed E-state index contributed by atoms with van der Waals surface area (Å²) in [6.07, 6.45) is 2.39. The summed E-state index contributed by atoms with van der Waals surface area (Å²) in [7, 11) is 1.63. The molecule has 0 fully saturated rings. The van der Waals surface area contributed by atoms with E-state index in [1.54, 1.807) is 7.11 Å². The average molecular weight is 297 g/mol. The summed E-state index contributed by atoms with van der Waals surface area (Å²) in [5.74, 6) is 0.798. The lowest BCUT2D eigenvalue weighted by molar-refractivity contribution is -0.111. The molecule has 0 unspecified atom stereocenters. The van der Waals surface area contributed by atoms with Gasteiger partial charge in [0.15, 0.2) is 0 Å². The molecule has 0 bridgehead atoms. The smallest absolute Gasteiger partial charge is 0.214 e. The fourth-order valence-electron chi connectivity index (χ4n) is 1.78. The lowest BCUT2D eigenvalue weighted by Gasteiger charge is -2.05. The second kappa shape index (κ2) is 4.89. The predicted molar refractivity (Wildman–Crippen MR) is 70.5 cm³/mol. The van der Waals surface area contributed by atoms with Crippen LogP contribution in [0.15, 0.2) is 24.4 Å². The molecule has 17 heavy (non-hydrogen) atoms. The fraction of sp³-hybridized carbons (Fsp3) is 0.250. The third-order valence-corrected chi connectivity index (χ3v) is 3.29. The first-order chi connectivity index (χ1) is 8.11. The maximum Gasteiger partial charge on any atom is 0.214 e. The van der Waals surface area contributed by atoms with E-state index in [0.717, 1.165) is 22.2 Å². The number of hydrogen-bond donors (Lipinski definition) is 2. The van der Waals surface area contributed by atoms with Gasteiger partial charge >= 0.3 is 0 Å². The standard InChI is InChI=1S/C12H13BrN2O2/c1-17-8-2-3-9-7(4-10(14)12(13)16)6-15-11(9)5-8/h2-3,5-6,10,15H,4,14H2,1H3/t10-/m0/s1. The van der Waals surface area contributed by atoms with Crippen LogP contribution in [0.4, 0.5) is 0 Å². The van der Waals surface area contributed by atoms with Gasteiger partial charge in [0, 0.05) is 23.2 Å². The molecule has 0 aliphatic heterocycles. The van der Waals surface area contributed by atoms with Crippen molar-refractivity contribution in [3.05, 3.63) is 30.0 Å². The van der Waals surface area contributed by atoms with E-state index in [2.05, 4.69) is 20.9 Å². The summed E-state index contributed by atoms with van der Waals surface area (Å²) in [4.78, 5) is 14.2. The minimum atomic E-state index is -0.517. The highest BCUT2D eigenvalue weighted by molar-refractivity contribution is 9.18. The Labute approximate surface area is 107 Å². The lowest BCUT2D eigenvalue weighted by Crippen LogP contribution is -2.28. The number of H-pyrrole nitrogens is 1. The molecule has 4 nitrogen and oxygen atoms in total. The summed E-state index contributed by atoms with van der Waals surface area (Å²) < 4.78 is 4.96. The molecule has 1 aromatic carbocycles. The Bertz CT molecular complexity index is 550. The van der Waals surface area contributed by atoms with Crippen LogP contribution in [-0.2, 0) is 11.2 Å². The van der Waals surface area contributed by atoms with E-state index in [0.29, 0.717) is 6.42 Å². The molecule has 1 atom stereocenters. The number of halogens is 1. The van der Waals surface area contributed by atoms with Crippen molar-refractivity contribution in [2.45, 2.75) is 12.5 Å². The molecule has 3 N–H and O–H groups in total. The van der Waals surface area contributed by atoms with Crippen LogP contribution < -0.4 is 10.5 Å². The first-order valence-electron chi connectivity index (χ1n) is 5.20. The number of benzene rings is 1. The van der Waals surface area contributed by atoms with E-state index < -0.39 is 6.04 Å². The van der Waals surface area contributed by atoms with E-state index in [1.807, 2.05) is 24.4 Å². The van der Waals surface area contributed by atoms with Gasteiger partial charge < -0.3 is 15.5 Å². The van der Waals surface area contributed by atoms with Gasteiger partial charge in [0.2, 0.25) is 4.69 Å². The maximum atomic E-state index is 11.1. The van der Waals surface area contributed by atoms with Crippen LogP contribution in [0.25, 0.3) is 10.9 Å². The number of hydrogen-bond acceptors (Lipinski definition) is 3. The predicted octanol–water partition coefficient (Wildman–Crippen LogP) is 1.97. The zero-order valence-corrected chi connectivity index (χ0v) is 11.0. The Morgan fingerprint density at radius 2 is 2.35 bits per heavy atom. The molecule has 0 radical (unpaired) electrons. The van der Waals surface area contributed by atoms with E-state index >= 15 is 0 Å². The third kappa shape index (κ3) is 2.50. The van der Waals surface area contributed by atoms with E-state index in [4.69, 9.17) is 10.5 Å². The quantitative estimate of drug-likeness (QED) is 0.848. The highest BCUT2D eigenvalue weighted by Crippen LogP contribution is 2.24. The minimum absolute atomic E-state index is 0.180. The second-order valence-corrected chi connectivity index (χ2v) is 4.62. The van der Waals surface area contributed by atoms with E-state index in [-0.39, 0.29) is 4.69 Å². The molecule has 1 heterocycles. The number of carbonyl (C=O) groups excluding carboxylic acids is 1. The van der Waals surface area contributed by atoms with Crippen molar-refractivity contribution >= 4 is 31.5 Å². The van der Waals surface area contributed by atoms with Crippen molar-refractivity contribution in [3.8, 4) is 5.75 Å². The van der Waals surface area contributed by atoms with Gasteiger partial charge in [0.25, 0.3) is 0 Å². The molecule has 0 saturated heterocycles. The van der Waals surface area contributed by atoms with Crippen LogP contribution in [0, 0.1) is 0 Å². The van der Waals surface area contributed by atoms with Crippen LogP contribution in [0.3, 0.4) is 0 Å². The molecule has 0 aliphatic carbocycles. The summed E-state index contributed by atoms with van der Waals surface area (Å²) >= 11 is 2.88. The van der Waals surface area contributed by atoms with Gasteiger partial charge in [0.05, 0.1) is 13.2 Å². The highest BCUT2D eigenvalue weighted by atomic mass is 79.9. The van der Waals surface area contributed by atoms with Crippen molar-refractivity contribution < 1.29 is 9.53 Å². The molecule has 0 aliphatic rings. The number of aromatic amines is 1. The Balaban J connectivity index is 2.33. The molecule has 0 amide bonds. The van der Waals surface area contributed by atoms with Crippen molar-refractivity contribution in [1.29, 1.82) is 0 Å². The van der Waals surface area contributed by atoms with Gasteiger partial charge in [-0.3, -0.25) is 4.79 Å². The van der Waals surface area contributed by atoms with Gasteiger partial charge in [-0.25, -0.2) is 0 Å². The monoisotopic (exact) mass is 296 g/mol. The third-order valence-electron chi connectivity index (χ3n) is 2.71. The summed E-state index contributed by atoms with van der Waals surface area (Å²) in [5, 5.41) is 1.06. The van der Waals surface area contributed by atoms with Gasteiger partial charge in [-0.05, 0) is 40.0 Å². The number of rotatable bonds is 4. The zero-order valence-electron chi connectivity index (χ0n) is 9.37. The van der Waals surface area contributed by atoms with Crippen molar-refractivity contribution in [2.24, 2.45) is 5.73 Å². The number of nitrogens with two attached hydrogens (primary N) is 1. The van der Waals surface area contributed by atoms with Crippen molar-refractivity contribution in [2.75, 3.05) is 7.11 Å². The second-order valence-electron chi connectivity index (χ2n) is 3.84. The lowest BCUT2D eigenvalue weighted by atomic mass is 10.1. The first kappa shape index (κ1) is 12.1. The van der Waals surface area contributed by atoms with E-state index in [1.165, 1.54) is 0 Å². The molecule has 0 saturated carbocycles. The Kier molecular flexibility index (Phi) is 3.49. The molecule has 2 rings (SSSR count). The van der Waals surface area contributed by atoms with Gasteiger partial charge in [-0.2, -0.15) is 0 Å². The molecular formula is C12H13BrN2O2. The van der Waals surface area contributed by atoms with Crippen LogP contribution in [0.5, 0.6) is 5.75 Å². The van der Waals surface area contributed by atoms with Crippen molar-refractivity contribution in [1.82, 2.24) is 4.98 Å².